The number of aromatic amines is 1. The molecule has 0 radical (unpaired) electrons. The molecule has 1 aromatic heterocycles. The second kappa shape index (κ2) is 4.74. The third-order valence-corrected chi connectivity index (χ3v) is 2.63. The Bertz CT molecular complexity index is 517. The number of nitrogen functional groups attached to an aromatic ring is 1. The summed E-state index contributed by atoms with van der Waals surface area (Å²) in [6.45, 7) is 0. The number of hydrogen-bond donors (Lipinski definition) is 2. The van der Waals surface area contributed by atoms with Gasteiger partial charge < -0.3 is 15.5 Å². The number of ether oxygens (including phenoxy) is 1. The van der Waals surface area contributed by atoms with Gasteiger partial charge in [-0.1, -0.05) is 30.3 Å². The van der Waals surface area contributed by atoms with Gasteiger partial charge in [-0.2, -0.15) is 0 Å². The van der Waals surface area contributed by atoms with E-state index in [2.05, 4.69) is 9.72 Å². The van der Waals surface area contributed by atoms with Crippen molar-refractivity contribution in [1.29, 1.82) is 0 Å². The average Bonchev–Trinajstić information content (AvgIpc) is 2.72. The first-order valence-electron chi connectivity index (χ1n) is 5.30. The predicted molar refractivity (Wildman–Crippen MR) is 65.8 cm³/mol. The molecule has 0 amide bonds. The molecular weight excluding hydrogens is 216 g/mol. The Hall–Kier alpha value is -2.23. The number of methoxy groups -OCH3 is 1. The number of carbonyl (C=O) groups excluding carboxylic acids is 1. The zero-order valence-electron chi connectivity index (χ0n) is 9.57. The van der Waals surface area contributed by atoms with E-state index in [-0.39, 0.29) is 0 Å². The summed E-state index contributed by atoms with van der Waals surface area (Å²) in [4.78, 5) is 14.2. The minimum Gasteiger partial charge on any atom is -0.464 e. The normalized spacial score (nSPS) is 10.2. The van der Waals surface area contributed by atoms with Crippen molar-refractivity contribution in [3.8, 4) is 0 Å². The highest BCUT2D eigenvalue weighted by atomic mass is 16.5. The highest BCUT2D eigenvalue weighted by Gasteiger charge is 2.15. The molecule has 1 heterocycles. The number of H-pyrrole nitrogens is 1. The Morgan fingerprint density at radius 3 is 2.71 bits per heavy atom. The van der Waals surface area contributed by atoms with E-state index in [1.165, 1.54) is 7.11 Å². The van der Waals surface area contributed by atoms with Crippen LogP contribution in [0.5, 0.6) is 0 Å². The van der Waals surface area contributed by atoms with Crippen molar-refractivity contribution in [1.82, 2.24) is 4.98 Å². The van der Waals surface area contributed by atoms with Crippen LogP contribution in [0.4, 0.5) is 5.69 Å². The minimum absolute atomic E-state index is 0.318. The number of aromatic nitrogens is 1. The predicted octanol–water partition coefficient (Wildman–Crippen LogP) is 1.97. The van der Waals surface area contributed by atoms with Crippen LogP contribution in [0.2, 0.25) is 0 Å². The molecule has 0 unspecified atom stereocenters. The van der Waals surface area contributed by atoms with Crippen LogP contribution >= 0.6 is 0 Å². The van der Waals surface area contributed by atoms with Crippen molar-refractivity contribution in [2.24, 2.45) is 0 Å². The molecule has 88 valence electrons. The number of nitrogens with one attached hydrogen (secondary N) is 1. The molecule has 0 aliphatic heterocycles. The van der Waals surface area contributed by atoms with E-state index < -0.39 is 5.97 Å². The second-order valence-electron chi connectivity index (χ2n) is 3.76. The highest BCUT2D eigenvalue weighted by Crippen LogP contribution is 2.20. The van der Waals surface area contributed by atoms with Crippen LogP contribution in [-0.4, -0.2) is 18.1 Å². The van der Waals surface area contributed by atoms with Crippen LogP contribution in [0.15, 0.2) is 36.5 Å². The fraction of sp³-hybridized carbons (Fsp3) is 0.154. The van der Waals surface area contributed by atoms with E-state index in [4.69, 9.17) is 5.73 Å². The fourth-order valence-electron chi connectivity index (χ4n) is 1.71. The monoisotopic (exact) mass is 230 g/mol. The average molecular weight is 230 g/mol. The smallest absolute Gasteiger partial charge is 0.356 e. The number of rotatable bonds is 3. The van der Waals surface area contributed by atoms with Crippen LogP contribution < -0.4 is 5.73 Å². The maximum Gasteiger partial charge on any atom is 0.356 e. The lowest BCUT2D eigenvalue weighted by atomic mass is 10.1. The summed E-state index contributed by atoms with van der Waals surface area (Å²) in [6, 6.07) is 9.94. The van der Waals surface area contributed by atoms with E-state index >= 15 is 0 Å². The van der Waals surface area contributed by atoms with Crippen molar-refractivity contribution in [3.05, 3.63) is 53.3 Å². The van der Waals surface area contributed by atoms with Crippen molar-refractivity contribution < 1.29 is 9.53 Å². The number of hydrogen-bond acceptors (Lipinski definition) is 3. The molecule has 2 rings (SSSR count). The number of esters is 1. The SMILES string of the molecule is COC(=O)c1[nH]cc(Cc2ccccc2)c1N. The second-order valence-corrected chi connectivity index (χ2v) is 3.76. The van der Waals surface area contributed by atoms with Gasteiger partial charge in [-0.25, -0.2) is 4.79 Å². The minimum atomic E-state index is -0.443. The zero-order chi connectivity index (χ0) is 12.3. The van der Waals surface area contributed by atoms with Gasteiger partial charge in [0.15, 0.2) is 0 Å². The molecular formula is C13H14N2O2. The van der Waals surface area contributed by atoms with E-state index in [1.807, 2.05) is 30.3 Å². The summed E-state index contributed by atoms with van der Waals surface area (Å²) in [5.74, 6) is -0.443. The summed E-state index contributed by atoms with van der Waals surface area (Å²) in [5, 5.41) is 0. The zero-order valence-corrected chi connectivity index (χ0v) is 9.57. The Balaban J connectivity index is 2.24. The Labute approximate surface area is 99.4 Å². The quantitative estimate of drug-likeness (QED) is 0.792. The number of carbonyl (C=O) groups is 1. The van der Waals surface area contributed by atoms with Crippen molar-refractivity contribution in [3.63, 3.8) is 0 Å². The molecule has 4 heteroatoms. The standard InChI is InChI=1S/C13H14N2O2/c1-17-13(16)12-11(14)10(8-15-12)7-9-5-3-2-4-6-9/h2-6,8,15H,7,14H2,1H3. The van der Waals surface area contributed by atoms with Crippen LogP contribution in [0, 0.1) is 0 Å². The van der Waals surface area contributed by atoms with Gasteiger partial charge in [-0.15, -0.1) is 0 Å². The highest BCUT2D eigenvalue weighted by molar-refractivity contribution is 5.94. The summed E-state index contributed by atoms with van der Waals surface area (Å²) < 4.78 is 4.63. The first kappa shape index (κ1) is 11.3. The topological polar surface area (TPSA) is 68.1 Å². The molecule has 1 aromatic carbocycles. The lowest BCUT2D eigenvalue weighted by Gasteiger charge is -2.01. The van der Waals surface area contributed by atoms with Crippen LogP contribution in [0.1, 0.15) is 21.6 Å². The summed E-state index contributed by atoms with van der Waals surface area (Å²) >= 11 is 0. The van der Waals surface area contributed by atoms with Crippen molar-refractivity contribution in [2.75, 3.05) is 12.8 Å². The van der Waals surface area contributed by atoms with Gasteiger partial charge in [0.1, 0.15) is 5.69 Å². The van der Waals surface area contributed by atoms with E-state index in [9.17, 15) is 4.79 Å². The first-order chi connectivity index (χ1) is 8.22. The van der Waals surface area contributed by atoms with Gasteiger partial charge in [0, 0.05) is 12.6 Å². The molecule has 0 saturated heterocycles. The molecule has 2 aromatic rings. The Morgan fingerprint density at radius 1 is 1.35 bits per heavy atom. The third kappa shape index (κ3) is 2.30. The maximum absolute atomic E-state index is 11.4. The van der Waals surface area contributed by atoms with Gasteiger partial charge in [0.2, 0.25) is 0 Å². The molecule has 0 saturated carbocycles. The van der Waals surface area contributed by atoms with Crippen LogP contribution in [0.25, 0.3) is 0 Å². The fourth-order valence-corrected chi connectivity index (χ4v) is 1.71. The molecule has 0 aliphatic carbocycles. The van der Waals surface area contributed by atoms with Gasteiger partial charge in [0.25, 0.3) is 0 Å². The van der Waals surface area contributed by atoms with Crippen LogP contribution in [-0.2, 0) is 11.2 Å². The Morgan fingerprint density at radius 2 is 2.06 bits per heavy atom. The molecule has 4 nitrogen and oxygen atoms in total. The lowest BCUT2D eigenvalue weighted by molar-refractivity contribution is 0.0596. The third-order valence-electron chi connectivity index (χ3n) is 2.63. The largest absolute Gasteiger partial charge is 0.464 e. The molecule has 17 heavy (non-hydrogen) atoms. The molecule has 3 N–H and O–H groups in total. The molecule has 0 fully saturated rings. The lowest BCUT2D eigenvalue weighted by Crippen LogP contribution is -2.05. The van der Waals surface area contributed by atoms with Gasteiger partial charge in [-0.3, -0.25) is 0 Å². The number of benzene rings is 1. The summed E-state index contributed by atoms with van der Waals surface area (Å²) in [6.07, 6.45) is 2.44. The van der Waals surface area contributed by atoms with Gasteiger partial charge in [-0.05, 0) is 11.1 Å². The van der Waals surface area contributed by atoms with E-state index in [0.717, 1.165) is 11.1 Å². The van der Waals surface area contributed by atoms with Gasteiger partial charge in [0.05, 0.1) is 12.8 Å². The maximum atomic E-state index is 11.4. The van der Waals surface area contributed by atoms with E-state index in [0.29, 0.717) is 17.8 Å². The summed E-state index contributed by atoms with van der Waals surface area (Å²) in [5.41, 5.74) is 8.72. The molecule has 0 aliphatic rings. The van der Waals surface area contributed by atoms with Crippen molar-refractivity contribution in [2.45, 2.75) is 6.42 Å². The van der Waals surface area contributed by atoms with E-state index in [1.54, 1.807) is 6.20 Å². The van der Waals surface area contributed by atoms with Crippen molar-refractivity contribution >= 4 is 11.7 Å². The first-order valence-corrected chi connectivity index (χ1v) is 5.30. The van der Waals surface area contributed by atoms with Gasteiger partial charge >= 0.3 is 5.97 Å². The molecule has 0 spiro atoms. The molecule has 0 bridgehead atoms. The molecule has 0 atom stereocenters. The summed E-state index contributed by atoms with van der Waals surface area (Å²) in [7, 11) is 1.33. The number of anilines is 1. The Kier molecular flexibility index (Phi) is 3.14. The van der Waals surface area contributed by atoms with Crippen LogP contribution in [0.3, 0.4) is 0 Å². The number of nitrogens with two attached hydrogens (primary N) is 1.